The van der Waals surface area contributed by atoms with E-state index in [-0.39, 0.29) is 16.7 Å². The minimum Gasteiger partial charge on any atom is -0.331 e. The van der Waals surface area contributed by atoms with Crippen LogP contribution in [0.25, 0.3) is 0 Å². The van der Waals surface area contributed by atoms with Gasteiger partial charge in [0.15, 0.2) is 9.84 Å². The minimum atomic E-state index is -3.51. The van der Waals surface area contributed by atoms with Gasteiger partial charge in [-0.15, -0.1) is 0 Å². The van der Waals surface area contributed by atoms with E-state index >= 15 is 0 Å². The van der Waals surface area contributed by atoms with Crippen LogP contribution in [0.4, 0.5) is 10.5 Å². The molecule has 34 heavy (non-hydrogen) atoms. The first-order valence-electron chi connectivity index (χ1n) is 11.2. The number of carbonyl (C=O) groups excluding carboxylic acids is 1. The van der Waals surface area contributed by atoms with Crippen molar-refractivity contribution in [3.8, 4) is 0 Å². The Balaban J connectivity index is 1.39. The Kier molecular flexibility index (Phi) is 7.26. The van der Waals surface area contributed by atoms with E-state index in [1.807, 2.05) is 43.3 Å². The van der Waals surface area contributed by atoms with Crippen LogP contribution in [0.15, 0.2) is 65.6 Å². The topological polar surface area (TPSA) is 87.3 Å². The predicted molar refractivity (Wildman–Crippen MR) is 136 cm³/mol. The highest BCUT2D eigenvalue weighted by Gasteiger charge is 2.18. The lowest BCUT2D eigenvalue weighted by molar-refractivity contribution is 0.249. The van der Waals surface area contributed by atoms with Gasteiger partial charge >= 0.3 is 6.03 Å². The molecule has 1 aliphatic heterocycles. The molecule has 0 radical (unpaired) electrons. The number of rotatable bonds is 7. The lowest BCUT2D eigenvalue weighted by Gasteiger charge is -2.17. The molecule has 0 fully saturated rings. The zero-order valence-corrected chi connectivity index (χ0v) is 20.8. The number of nitrogens with one attached hydrogen (secondary N) is 3. The summed E-state index contributed by atoms with van der Waals surface area (Å²) >= 11 is 6.31. The highest BCUT2D eigenvalue weighted by molar-refractivity contribution is 7.90. The molecule has 2 amide bonds. The fraction of sp³-hybridized carbons (Fsp3) is 0.269. The third-order valence-corrected chi connectivity index (χ3v) is 8.06. The molecule has 1 heterocycles. The highest BCUT2D eigenvalue weighted by atomic mass is 35.5. The van der Waals surface area contributed by atoms with Gasteiger partial charge in [-0.05, 0) is 71.5 Å². The van der Waals surface area contributed by atoms with E-state index in [4.69, 9.17) is 11.6 Å². The summed E-state index contributed by atoms with van der Waals surface area (Å²) in [5.41, 5.74) is 5.62. The molecular weight excluding hydrogens is 470 g/mol. The van der Waals surface area contributed by atoms with Crippen LogP contribution in [0.2, 0.25) is 5.02 Å². The first kappa shape index (κ1) is 24.3. The van der Waals surface area contributed by atoms with Crippen molar-refractivity contribution in [2.75, 3.05) is 5.32 Å². The maximum Gasteiger partial charge on any atom is 0.319 e. The summed E-state index contributed by atoms with van der Waals surface area (Å²) in [6.07, 6.45) is 0.877. The maximum atomic E-state index is 12.9. The molecule has 8 heteroatoms. The number of sulfone groups is 1. The lowest BCUT2D eigenvalue weighted by atomic mass is 10.0. The van der Waals surface area contributed by atoms with Gasteiger partial charge in [-0.3, -0.25) is 0 Å². The van der Waals surface area contributed by atoms with E-state index in [1.165, 1.54) is 17.7 Å². The van der Waals surface area contributed by atoms with Crippen molar-refractivity contribution >= 4 is 33.2 Å². The van der Waals surface area contributed by atoms with Crippen LogP contribution >= 0.6 is 11.6 Å². The standard InChI is InChI=1S/C26H28ClN3O3S/c1-3-18-5-11-25(27)24(13-18)17(2)29-26(31)30-22-7-9-23(10-8-22)34(32,33)16-19-4-6-20-14-28-15-21(20)12-19/h4-13,17,28H,3,14-16H2,1-2H3,(H2,29,30,31). The Hall–Kier alpha value is -2.87. The SMILES string of the molecule is CCc1ccc(Cl)c(C(C)NC(=O)Nc2ccc(S(=O)(=O)Cc3ccc4c(c3)CNC4)cc2)c1. The summed E-state index contributed by atoms with van der Waals surface area (Å²) in [6, 6.07) is 17.1. The molecule has 6 nitrogen and oxygen atoms in total. The molecule has 1 atom stereocenters. The monoisotopic (exact) mass is 497 g/mol. The Morgan fingerprint density at radius 3 is 2.44 bits per heavy atom. The van der Waals surface area contributed by atoms with Crippen molar-refractivity contribution < 1.29 is 13.2 Å². The van der Waals surface area contributed by atoms with E-state index in [2.05, 4.69) is 22.9 Å². The largest absolute Gasteiger partial charge is 0.331 e. The lowest BCUT2D eigenvalue weighted by Crippen LogP contribution is -2.31. The summed E-state index contributed by atoms with van der Waals surface area (Å²) in [6.45, 7) is 5.51. The van der Waals surface area contributed by atoms with Gasteiger partial charge in [0.05, 0.1) is 16.7 Å². The Labute approximate surface area is 205 Å². The second kappa shape index (κ2) is 10.2. The number of halogens is 1. The fourth-order valence-electron chi connectivity index (χ4n) is 4.07. The van der Waals surface area contributed by atoms with Crippen molar-refractivity contribution in [2.24, 2.45) is 0 Å². The third kappa shape index (κ3) is 5.60. The second-order valence-corrected chi connectivity index (χ2v) is 10.9. The van der Waals surface area contributed by atoms with Gasteiger partial charge in [-0.1, -0.05) is 48.9 Å². The van der Waals surface area contributed by atoms with Crippen molar-refractivity contribution in [1.82, 2.24) is 10.6 Å². The zero-order chi connectivity index (χ0) is 24.3. The van der Waals surface area contributed by atoms with Crippen LogP contribution in [0.1, 0.15) is 47.7 Å². The smallest absolute Gasteiger partial charge is 0.319 e. The van der Waals surface area contributed by atoms with Crippen molar-refractivity contribution in [3.05, 3.63) is 93.5 Å². The molecule has 0 spiro atoms. The molecular formula is C26H28ClN3O3S. The molecule has 178 valence electrons. The Bertz CT molecular complexity index is 1310. The summed E-state index contributed by atoms with van der Waals surface area (Å²) in [5.74, 6) is -0.0668. The van der Waals surface area contributed by atoms with Crippen LogP contribution in [0.5, 0.6) is 0 Å². The number of hydrogen-bond donors (Lipinski definition) is 3. The van der Waals surface area contributed by atoms with E-state index in [0.29, 0.717) is 10.7 Å². The third-order valence-electron chi connectivity index (χ3n) is 6.01. The van der Waals surface area contributed by atoms with Crippen molar-refractivity contribution in [3.63, 3.8) is 0 Å². The van der Waals surface area contributed by atoms with Crippen molar-refractivity contribution in [1.29, 1.82) is 0 Å². The van der Waals surface area contributed by atoms with Gasteiger partial charge in [0.25, 0.3) is 0 Å². The predicted octanol–water partition coefficient (Wildman–Crippen LogP) is 5.36. The molecule has 0 saturated heterocycles. The van der Waals surface area contributed by atoms with E-state index in [9.17, 15) is 13.2 Å². The average Bonchev–Trinajstić information content (AvgIpc) is 3.27. The number of hydrogen-bond acceptors (Lipinski definition) is 4. The van der Waals surface area contributed by atoms with Gasteiger partial charge in [0, 0.05) is 23.8 Å². The van der Waals surface area contributed by atoms with Gasteiger partial charge < -0.3 is 16.0 Å². The van der Waals surface area contributed by atoms with Crippen LogP contribution < -0.4 is 16.0 Å². The number of fused-ring (bicyclic) bond motifs is 1. The number of aryl methyl sites for hydroxylation is 1. The molecule has 1 aliphatic rings. The van der Waals surface area contributed by atoms with E-state index in [0.717, 1.165) is 41.8 Å². The van der Waals surface area contributed by atoms with Gasteiger partial charge in [0.1, 0.15) is 0 Å². The fourth-order valence-corrected chi connectivity index (χ4v) is 5.69. The van der Waals surface area contributed by atoms with Crippen LogP contribution in [-0.4, -0.2) is 14.4 Å². The molecule has 1 unspecified atom stereocenters. The molecule has 0 saturated carbocycles. The number of carbonyl (C=O) groups is 1. The summed E-state index contributed by atoms with van der Waals surface area (Å²) in [4.78, 5) is 12.7. The molecule has 0 bridgehead atoms. The van der Waals surface area contributed by atoms with Crippen LogP contribution in [-0.2, 0) is 35.1 Å². The molecule has 0 aromatic heterocycles. The summed E-state index contributed by atoms with van der Waals surface area (Å²) in [7, 11) is -3.51. The second-order valence-electron chi connectivity index (χ2n) is 8.52. The Morgan fingerprint density at radius 1 is 1.00 bits per heavy atom. The molecule has 0 aliphatic carbocycles. The van der Waals surface area contributed by atoms with Gasteiger partial charge in [-0.25, -0.2) is 13.2 Å². The van der Waals surface area contributed by atoms with Crippen molar-refractivity contribution in [2.45, 2.75) is 50.0 Å². The number of urea groups is 1. The number of benzene rings is 3. The highest BCUT2D eigenvalue weighted by Crippen LogP contribution is 2.25. The summed E-state index contributed by atoms with van der Waals surface area (Å²) in [5, 5.41) is 9.49. The van der Waals surface area contributed by atoms with Crippen LogP contribution in [0.3, 0.4) is 0 Å². The molecule has 3 aromatic rings. The molecule has 3 aromatic carbocycles. The summed E-state index contributed by atoms with van der Waals surface area (Å²) < 4.78 is 25.8. The average molecular weight is 498 g/mol. The molecule has 4 rings (SSSR count). The number of anilines is 1. The Morgan fingerprint density at radius 2 is 1.71 bits per heavy atom. The van der Waals surface area contributed by atoms with Gasteiger partial charge in [0.2, 0.25) is 0 Å². The van der Waals surface area contributed by atoms with Crippen LogP contribution in [0, 0.1) is 0 Å². The minimum absolute atomic E-state index is 0.0668. The quantitative estimate of drug-likeness (QED) is 0.410. The first-order valence-corrected chi connectivity index (χ1v) is 13.3. The van der Waals surface area contributed by atoms with E-state index in [1.54, 1.807) is 12.1 Å². The number of amides is 2. The maximum absolute atomic E-state index is 12.9. The van der Waals surface area contributed by atoms with Gasteiger partial charge in [-0.2, -0.15) is 0 Å². The van der Waals surface area contributed by atoms with E-state index < -0.39 is 15.9 Å². The zero-order valence-electron chi connectivity index (χ0n) is 19.2. The normalized spacial score (nSPS) is 13.9. The first-order chi connectivity index (χ1) is 16.2. The molecule has 3 N–H and O–H groups in total.